The van der Waals surface area contributed by atoms with Crippen molar-refractivity contribution in [2.45, 2.75) is 18.7 Å². The number of hydrogen-bond donors (Lipinski definition) is 1. The molecule has 2 heterocycles. The number of morpholine rings is 1. The van der Waals surface area contributed by atoms with Crippen molar-refractivity contribution in [1.82, 2.24) is 14.5 Å². The first kappa shape index (κ1) is 21.2. The van der Waals surface area contributed by atoms with Crippen LogP contribution in [0.15, 0.2) is 52.1 Å². The molecule has 1 aliphatic heterocycles. The molecule has 2 aromatic carbocycles. The molecule has 4 rings (SSSR count). The number of aromatic nitrogens is 2. The average molecular weight is 442 g/mol. The zero-order valence-corrected chi connectivity index (χ0v) is 18.0. The van der Waals surface area contributed by atoms with Crippen molar-refractivity contribution in [3.8, 4) is 11.5 Å². The third-order valence-electron chi connectivity index (χ3n) is 5.15. The molecular formula is C21H22N4O5S. The Morgan fingerprint density at radius 2 is 1.81 bits per heavy atom. The normalized spacial score (nSPS) is 15.0. The van der Waals surface area contributed by atoms with Crippen LogP contribution in [0, 0.1) is 13.8 Å². The van der Waals surface area contributed by atoms with Crippen LogP contribution < -0.4 is 5.32 Å². The molecule has 0 unspecified atom stereocenters. The molecule has 31 heavy (non-hydrogen) atoms. The van der Waals surface area contributed by atoms with E-state index in [-0.39, 0.29) is 10.5 Å². The summed E-state index contributed by atoms with van der Waals surface area (Å²) in [7, 11) is -3.71. The van der Waals surface area contributed by atoms with Crippen LogP contribution in [0.2, 0.25) is 0 Å². The van der Waals surface area contributed by atoms with Crippen molar-refractivity contribution >= 4 is 21.6 Å². The molecule has 1 fully saturated rings. The average Bonchev–Trinajstić information content (AvgIpc) is 3.31. The largest absolute Gasteiger partial charge is 0.423 e. The lowest BCUT2D eigenvalue weighted by Crippen LogP contribution is -2.40. The fourth-order valence-electron chi connectivity index (χ4n) is 3.32. The summed E-state index contributed by atoms with van der Waals surface area (Å²) in [5.41, 5.74) is 3.03. The Morgan fingerprint density at radius 1 is 1.06 bits per heavy atom. The standard InChI is InChI=1S/C21H22N4O5S/c1-14-4-6-17(31(27,28)25-7-9-29-10-8-25)12-18(14)20(26)23-19-11-16(5-3-15(19)2)21-24-22-13-30-21/h3-6,11-13H,7-10H2,1-2H3,(H,23,26). The molecule has 9 nitrogen and oxygen atoms in total. The quantitative estimate of drug-likeness (QED) is 0.646. The molecule has 1 N–H and O–H groups in total. The van der Waals surface area contributed by atoms with Crippen LogP contribution >= 0.6 is 0 Å². The number of carbonyl (C=O) groups excluding carboxylic acids is 1. The van der Waals surface area contributed by atoms with Gasteiger partial charge in [0.05, 0.1) is 18.1 Å². The third kappa shape index (κ3) is 4.36. The van der Waals surface area contributed by atoms with Crippen LogP contribution in [0.25, 0.3) is 11.5 Å². The minimum atomic E-state index is -3.71. The van der Waals surface area contributed by atoms with E-state index in [2.05, 4.69) is 15.5 Å². The van der Waals surface area contributed by atoms with Crippen LogP contribution in [0.1, 0.15) is 21.5 Å². The molecule has 162 valence electrons. The van der Waals surface area contributed by atoms with Crippen LogP contribution in [-0.4, -0.2) is 55.1 Å². The SMILES string of the molecule is Cc1ccc(-c2nnco2)cc1NC(=O)c1cc(S(=O)(=O)N2CCOCC2)ccc1C. The minimum Gasteiger partial charge on any atom is -0.423 e. The van der Waals surface area contributed by atoms with E-state index in [0.29, 0.717) is 49.0 Å². The maximum absolute atomic E-state index is 13.0. The predicted molar refractivity (Wildman–Crippen MR) is 113 cm³/mol. The highest BCUT2D eigenvalue weighted by molar-refractivity contribution is 7.89. The Labute approximate surface area is 180 Å². The number of carbonyl (C=O) groups is 1. The number of amides is 1. The molecule has 0 aliphatic carbocycles. The van der Waals surface area contributed by atoms with Gasteiger partial charge in [-0.1, -0.05) is 12.1 Å². The summed E-state index contributed by atoms with van der Waals surface area (Å²) in [5, 5.41) is 10.4. The highest BCUT2D eigenvalue weighted by Gasteiger charge is 2.27. The number of nitrogens with one attached hydrogen (secondary N) is 1. The highest BCUT2D eigenvalue weighted by Crippen LogP contribution is 2.26. The lowest BCUT2D eigenvalue weighted by Gasteiger charge is -2.26. The lowest BCUT2D eigenvalue weighted by molar-refractivity contribution is 0.0730. The predicted octanol–water partition coefficient (Wildman–Crippen LogP) is 2.63. The van der Waals surface area contributed by atoms with Gasteiger partial charge < -0.3 is 14.5 Å². The molecule has 0 spiro atoms. The summed E-state index contributed by atoms with van der Waals surface area (Å²) in [6.45, 7) is 4.92. The third-order valence-corrected chi connectivity index (χ3v) is 7.05. The molecule has 3 aromatic rings. The molecule has 1 saturated heterocycles. The van der Waals surface area contributed by atoms with E-state index in [0.717, 1.165) is 5.56 Å². The number of benzene rings is 2. The monoisotopic (exact) mass is 442 g/mol. The van der Waals surface area contributed by atoms with Crippen LogP contribution in [-0.2, 0) is 14.8 Å². The smallest absolute Gasteiger partial charge is 0.255 e. The van der Waals surface area contributed by atoms with E-state index >= 15 is 0 Å². The van der Waals surface area contributed by atoms with Gasteiger partial charge in [-0.25, -0.2) is 8.42 Å². The van der Waals surface area contributed by atoms with Crippen LogP contribution in [0.3, 0.4) is 0 Å². The molecule has 0 atom stereocenters. The molecule has 0 saturated carbocycles. The summed E-state index contributed by atoms with van der Waals surface area (Å²) >= 11 is 0. The fraction of sp³-hybridized carbons (Fsp3) is 0.286. The van der Waals surface area contributed by atoms with Crippen molar-refractivity contribution in [3.63, 3.8) is 0 Å². The molecule has 1 aliphatic rings. The van der Waals surface area contributed by atoms with Gasteiger partial charge in [0.2, 0.25) is 22.3 Å². The second-order valence-electron chi connectivity index (χ2n) is 7.22. The number of anilines is 1. The van der Waals surface area contributed by atoms with Gasteiger partial charge in [0.15, 0.2) is 0 Å². The summed E-state index contributed by atoms with van der Waals surface area (Å²) in [6, 6.07) is 9.99. The zero-order chi connectivity index (χ0) is 22.0. The van der Waals surface area contributed by atoms with E-state index in [9.17, 15) is 13.2 Å². The van der Waals surface area contributed by atoms with E-state index in [1.54, 1.807) is 19.1 Å². The first-order valence-electron chi connectivity index (χ1n) is 9.73. The summed E-state index contributed by atoms with van der Waals surface area (Å²) in [4.78, 5) is 13.1. The van der Waals surface area contributed by atoms with Gasteiger partial charge in [0.1, 0.15) is 0 Å². The summed E-state index contributed by atoms with van der Waals surface area (Å²) in [5.74, 6) is -0.0624. The van der Waals surface area contributed by atoms with Gasteiger partial charge in [0, 0.05) is 29.9 Å². The maximum atomic E-state index is 13.0. The van der Waals surface area contributed by atoms with Crippen molar-refractivity contribution in [3.05, 3.63) is 59.5 Å². The number of sulfonamides is 1. The summed E-state index contributed by atoms with van der Waals surface area (Å²) in [6.07, 6.45) is 1.23. The maximum Gasteiger partial charge on any atom is 0.255 e. The number of rotatable bonds is 5. The molecular weight excluding hydrogens is 420 g/mol. The first-order chi connectivity index (χ1) is 14.9. The van der Waals surface area contributed by atoms with Gasteiger partial charge in [0.25, 0.3) is 5.91 Å². The molecule has 10 heteroatoms. The molecule has 0 radical (unpaired) electrons. The number of aryl methyl sites for hydroxylation is 2. The lowest BCUT2D eigenvalue weighted by atomic mass is 10.1. The number of hydrogen-bond acceptors (Lipinski definition) is 7. The fourth-order valence-corrected chi connectivity index (χ4v) is 4.76. The van der Waals surface area contributed by atoms with Gasteiger partial charge in [-0.2, -0.15) is 4.31 Å². The molecule has 0 bridgehead atoms. The van der Waals surface area contributed by atoms with E-state index < -0.39 is 15.9 Å². The van der Waals surface area contributed by atoms with Gasteiger partial charge in [-0.05, 0) is 49.2 Å². The second-order valence-corrected chi connectivity index (χ2v) is 9.16. The summed E-state index contributed by atoms with van der Waals surface area (Å²) < 4.78 is 37.8. The van der Waals surface area contributed by atoms with Gasteiger partial charge >= 0.3 is 0 Å². The van der Waals surface area contributed by atoms with Crippen LogP contribution in [0.5, 0.6) is 0 Å². The Balaban J connectivity index is 1.62. The highest BCUT2D eigenvalue weighted by atomic mass is 32.2. The molecule has 1 amide bonds. The number of nitrogens with zero attached hydrogens (tertiary/aromatic N) is 3. The topological polar surface area (TPSA) is 115 Å². The van der Waals surface area contributed by atoms with Crippen molar-refractivity contribution in [2.24, 2.45) is 0 Å². The van der Waals surface area contributed by atoms with Crippen molar-refractivity contribution in [2.75, 3.05) is 31.6 Å². The van der Waals surface area contributed by atoms with Crippen LogP contribution in [0.4, 0.5) is 5.69 Å². The Kier molecular flexibility index (Phi) is 5.86. The van der Waals surface area contributed by atoms with Gasteiger partial charge in [-0.3, -0.25) is 4.79 Å². The van der Waals surface area contributed by atoms with Crippen molar-refractivity contribution < 1.29 is 22.4 Å². The van der Waals surface area contributed by atoms with Crippen molar-refractivity contribution in [1.29, 1.82) is 0 Å². The first-order valence-corrected chi connectivity index (χ1v) is 11.2. The Morgan fingerprint density at radius 3 is 2.52 bits per heavy atom. The Bertz CT molecular complexity index is 1200. The Hall–Kier alpha value is -3.08. The minimum absolute atomic E-state index is 0.0847. The van der Waals surface area contributed by atoms with E-state index in [4.69, 9.17) is 9.15 Å². The van der Waals surface area contributed by atoms with Gasteiger partial charge in [-0.15, -0.1) is 10.2 Å². The van der Waals surface area contributed by atoms with E-state index in [1.165, 1.54) is 22.8 Å². The van der Waals surface area contributed by atoms with E-state index in [1.807, 2.05) is 19.1 Å². The number of ether oxygens (including phenoxy) is 1. The molecule has 1 aromatic heterocycles. The second kappa shape index (κ2) is 8.58. The zero-order valence-electron chi connectivity index (χ0n) is 17.2.